The fourth-order valence-corrected chi connectivity index (χ4v) is 1.99. The number of methoxy groups -OCH3 is 1. The van der Waals surface area contributed by atoms with Crippen LogP contribution in [-0.2, 0) is 11.3 Å². The number of aliphatic hydroxyl groups is 1. The van der Waals surface area contributed by atoms with E-state index in [1.807, 2.05) is 0 Å². The minimum absolute atomic E-state index is 0.141. The van der Waals surface area contributed by atoms with Gasteiger partial charge in [0, 0.05) is 37.6 Å². The van der Waals surface area contributed by atoms with E-state index < -0.39 is 6.10 Å². The zero-order chi connectivity index (χ0) is 13.0. The van der Waals surface area contributed by atoms with Crippen LogP contribution in [0.1, 0.15) is 5.69 Å². The first-order chi connectivity index (χ1) is 8.69. The van der Waals surface area contributed by atoms with E-state index in [-0.39, 0.29) is 5.43 Å². The molecule has 1 unspecified atom stereocenters. The lowest BCUT2D eigenvalue weighted by Gasteiger charge is -2.20. The maximum absolute atomic E-state index is 11.6. The Morgan fingerprint density at radius 2 is 2.50 bits per heavy atom. The fraction of sp³-hybridized carbons (Fsp3) is 0.583. The molecule has 2 N–H and O–H groups in total. The molecule has 0 aliphatic carbocycles. The van der Waals surface area contributed by atoms with Crippen LogP contribution < -0.4 is 10.2 Å². The summed E-state index contributed by atoms with van der Waals surface area (Å²) in [5, 5.41) is 9.62. The molecule has 1 aromatic rings. The van der Waals surface area contributed by atoms with Gasteiger partial charge in [0.1, 0.15) is 0 Å². The molecule has 1 fully saturated rings. The molecule has 0 amide bonds. The van der Waals surface area contributed by atoms with Crippen molar-refractivity contribution in [2.45, 2.75) is 12.6 Å². The second-order valence-electron chi connectivity index (χ2n) is 4.35. The third-order valence-electron chi connectivity index (χ3n) is 2.88. The van der Waals surface area contributed by atoms with Gasteiger partial charge in [-0.1, -0.05) is 0 Å². The first kappa shape index (κ1) is 13.1. The van der Waals surface area contributed by atoms with Crippen LogP contribution in [0.15, 0.2) is 17.1 Å². The Labute approximate surface area is 105 Å². The summed E-state index contributed by atoms with van der Waals surface area (Å²) in [4.78, 5) is 16.7. The van der Waals surface area contributed by atoms with Crippen molar-refractivity contribution >= 4 is 0 Å². The van der Waals surface area contributed by atoms with Crippen LogP contribution in [0.3, 0.4) is 0 Å². The van der Waals surface area contributed by atoms with Gasteiger partial charge in [0.15, 0.2) is 5.75 Å². The quantitative estimate of drug-likeness (QED) is 0.766. The summed E-state index contributed by atoms with van der Waals surface area (Å²) in [6, 6.07) is 1.52. The van der Waals surface area contributed by atoms with Crippen LogP contribution in [-0.4, -0.2) is 54.5 Å². The number of nitrogens with one attached hydrogen (secondary N) is 1. The monoisotopic (exact) mass is 254 g/mol. The van der Waals surface area contributed by atoms with Crippen molar-refractivity contribution in [2.75, 3.05) is 33.4 Å². The number of hydrogen-bond donors (Lipinski definition) is 2. The van der Waals surface area contributed by atoms with E-state index in [9.17, 15) is 9.90 Å². The summed E-state index contributed by atoms with van der Waals surface area (Å²) < 4.78 is 10.2. The molecule has 100 valence electrons. The lowest BCUT2D eigenvalue weighted by molar-refractivity contribution is 0.0562. The largest absolute Gasteiger partial charge is 0.491 e. The van der Waals surface area contributed by atoms with E-state index in [0.717, 1.165) is 12.2 Å². The number of hydrogen-bond acceptors (Lipinski definition) is 5. The van der Waals surface area contributed by atoms with Crippen LogP contribution in [0.2, 0.25) is 0 Å². The number of aromatic nitrogens is 1. The van der Waals surface area contributed by atoms with Crippen molar-refractivity contribution in [2.24, 2.45) is 0 Å². The Bertz CT molecular complexity index is 446. The molecule has 1 atom stereocenters. The van der Waals surface area contributed by atoms with Gasteiger partial charge in [0.2, 0.25) is 5.43 Å². The van der Waals surface area contributed by atoms with Gasteiger partial charge in [-0.2, -0.15) is 0 Å². The lowest BCUT2D eigenvalue weighted by Crippen LogP contribution is -2.32. The number of nitrogens with zero attached hydrogens (tertiary/aromatic N) is 1. The molecule has 0 radical (unpaired) electrons. The Hall–Kier alpha value is -1.37. The Morgan fingerprint density at radius 3 is 3.22 bits per heavy atom. The number of H-pyrrole nitrogens is 1. The molecule has 18 heavy (non-hydrogen) atoms. The fourth-order valence-electron chi connectivity index (χ4n) is 1.99. The molecule has 6 heteroatoms. The molecular weight excluding hydrogens is 236 g/mol. The van der Waals surface area contributed by atoms with Crippen molar-refractivity contribution in [3.8, 4) is 5.75 Å². The van der Waals surface area contributed by atoms with Crippen LogP contribution in [0.4, 0.5) is 0 Å². The number of pyridine rings is 1. The maximum Gasteiger partial charge on any atom is 0.223 e. The van der Waals surface area contributed by atoms with Gasteiger partial charge in [-0.3, -0.25) is 9.69 Å². The standard InChI is InChI=1S/C12H18N2O4/c1-17-12-5-13-9(4-11(12)16)6-14-2-3-18-8-10(15)7-14/h4-5,10,15H,2-3,6-8H2,1H3,(H,13,16). The summed E-state index contributed by atoms with van der Waals surface area (Å²) in [6.45, 7) is 2.84. The molecule has 0 spiro atoms. The van der Waals surface area contributed by atoms with E-state index in [1.54, 1.807) is 6.20 Å². The number of aromatic amines is 1. The topological polar surface area (TPSA) is 74.8 Å². The SMILES string of the molecule is COc1c[nH]c(CN2CCOCC(O)C2)cc1=O. The molecule has 6 nitrogen and oxygen atoms in total. The smallest absolute Gasteiger partial charge is 0.223 e. The minimum Gasteiger partial charge on any atom is -0.491 e. The lowest BCUT2D eigenvalue weighted by atomic mass is 10.3. The highest BCUT2D eigenvalue weighted by molar-refractivity contribution is 5.20. The van der Waals surface area contributed by atoms with Crippen LogP contribution in [0, 0.1) is 0 Å². The van der Waals surface area contributed by atoms with Crippen LogP contribution in [0.25, 0.3) is 0 Å². The van der Waals surface area contributed by atoms with Gasteiger partial charge in [-0.25, -0.2) is 0 Å². The highest BCUT2D eigenvalue weighted by Gasteiger charge is 2.16. The van der Waals surface area contributed by atoms with Gasteiger partial charge in [-0.15, -0.1) is 0 Å². The summed E-state index contributed by atoms with van der Waals surface area (Å²) >= 11 is 0. The van der Waals surface area contributed by atoms with Crippen LogP contribution in [0.5, 0.6) is 5.75 Å². The average molecular weight is 254 g/mol. The molecule has 1 aliphatic rings. The van der Waals surface area contributed by atoms with Gasteiger partial charge in [0.05, 0.1) is 26.4 Å². The molecule has 1 saturated heterocycles. The third kappa shape index (κ3) is 3.32. The molecular formula is C12H18N2O4. The van der Waals surface area contributed by atoms with Gasteiger partial charge in [-0.05, 0) is 0 Å². The summed E-state index contributed by atoms with van der Waals surface area (Å²) in [5.41, 5.74) is 0.660. The molecule has 2 heterocycles. The first-order valence-electron chi connectivity index (χ1n) is 5.93. The average Bonchev–Trinajstić information content (AvgIpc) is 2.54. The molecule has 0 saturated carbocycles. The van der Waals surface area contributed by atoms with Crippen molar-refractivity contribution in [3.63, 3.8) is 0 Å². The van der Waals surface area contributed by atoms with Gasteiger partial charge < -0.3 is 19.6 Å². The van der Waals surface area contributed by atoms with Crippen molar-refractivity contribution in [1.82, 2.24) is 9.88 Å². The Balaban J connectivity index is 2.04. The number of aliphatic hydroxyl groups excluding tert-OH is 1. The Kier molecular flexibility index (Phi) is 4.35. The van der Waals surface area contributed by atoms with Crippen molar-refractivity contribution in [1.29, 1.82) is 0 Å². The molecule has 2 rings (SSSR count). The van der Waals surface area contributed by atoms with Crippen LogP contribution >= 0.6 is 0 Å². The molecule has 0 bridgehead atoms. The number of rotatable bonds is 3. The molecule has 0 aromatic carbocycles. The van der Waals surface area contributed by atoms with Gasteiger partial charge in [0.25, 0.3) is 0 Å². The first-order valence-corrected chi connectivity index (χ1v) is 5.93. The molecule has 1 aromatic heterocycles. The van der Waals surface area contributed by atoms with E-state index >= 15 is 0 Å². The van der Waals surface area contributed by atoms with Crippen molar-refractivity contribution in [3.05, 3.63) is 28.2 Å². The summed E-state index contributed by atoms with van der Waals surface area (Å²) in [5.74, 6) is 0.304. The highest BCUT2D eigenvalue weighted by Crippen LogP contribution is 2.07. The second kappa shape index (κ2) is 5.99. The van der Waals surface area contributed by atoms with E-state index in [2.05, 4.69) is 9.88 Å². The molecule has 1 aliphatic heterocycles. The maximum atomic E-state index is 11.6. The number of β-amino-alcohol motifs (C(OH)–C–C–N with tert-alkyl or cyclic N) is 1. The van der Waals surface area contributed by atoms with E-state index in [1.165, 1.54) is 13.2 Å². The second-order valence-corrected chi connectivity index (χ2v) is 4.35. The third-order valence-corrected chi connectivity index (χ3v) is 2.88. The zero-order valence-corrected chi connectivity index (χ0v) is 10.4. The number of ether oxygens (including phenoxy) is 2. The van der Waals surface area contributed by atoms with E-state index in [0.29, 0.717) is 32.1 Å². The van der Waals surface area contributed by atoms with Gasteiger partial charge >= 0.3 is 0 Å². The Morgan fingerprint density at radius 1 is 1.67 bits per heavy atom. The summed E-state index contributed by atoms with van der Waals surface area (Å²) in [6.07, 6.45) is 1.08. The highest BCUT2D eigenvalue weighted by atomic mass is 16.5. The normalized spacial score (nSPS) is 21.6. The summed E-state index contributed by atoms with van der Waals surface area (Å²) in [7, 11) is 1.47. The predicted octanol–water partition coefficient (Wildman–Crippen LogP) is -0.423. The minimum atomic E-state index is -0.475. The predicted molar refractivity (Wildman–Crippen MR) is 65.7 cm³/mol. The van der Waals surface area contributed by atoms with E-state index in [4.69, 9.17) is 9.47 Å². The van der Waals surface area contributed by atoms with Crippen molar-refractivity contribution < 1.29 is 14.6 Å². The zero-order valence-electron chi connectivity index (χ0n) is 10.4.